The molecule has 1 aromatic carbocycles. The molecule has 0 bridgehead atoms. The summed E-state index contributed by atoms with van der Waals surface area (Å²) in [5, 5.41) is 9.93. The normalized spacial score (nSPS) is 14.7. The summed E-state index contributed by atoms with van der Waals surface area (Å²) in [6, 6.07) is 7.19. The minimum absolute atomic E-state index is 0.192. The molecule has 0 saturated heterocycles. The van der Waals surface area contributed by atoms with E-state index in [1.54, 1.807) is 12.1 Å². The fraction of sp³-hybridized carbons (Fsp3) is 0.231. The van der Waals surface area contributed by atoms with E-state index in [-0.39, 0.29) is 17.0 Å². The van der Waals surface area contributed by atoms with Crippen LogP contribution in [-0.2, 0) is 0 Å². The molecule has 4 nitrogen and oxygen atoms in total. The molecule has 0 unspecified atom stereocenters. The minimum Gasteiger partial charge on any atom is -0.493 e. The number of nitrogens with one attached hydrogen (secondary N) is 1. The van der Waals surface area contributed by atoms with Gasteiger partial charge in [0.15, 0.2) is 0 Å². The van der Waals surface area contributed by atoms with Gasteiger partial charge in [-0.15, -0.1) is 0 Å². The Morgan fingerprint density at radius 2 is 1.94 bits per heavy atom. The van der Waals surface area contributed by atoms with Gasteiger partial charge in [0.25, 0.3) is 5.56 Å². The molecule has 0 aliphatic heterocycles. The monoisotopic (exact) mass is 306 g/mol. The molecule has 18 heavy (non-hydrogen) atoms. The lowest BCUT2D eigenvalue weighted by Gasteiger charge is -2.05. The third kappa shape index (κ3) is 2.06. The van der Waals surface area contributed by atoms with Gasteiger partial charge < -0.3 is 10.1 Å². The van der Waals surface area contributed by atoms with Crippen LogP contribution in [0.5, 0.6) is 5.88 Å². The van der Waals surface area contributed by atoms with Crippen molar-refractivity contribution in [2.24, 2.45) is 0 Å². The van der Waals surface area contributed by atoms with Gasteiger partial charge in [-0.05, 0) is 30.5 Å². The highest BCUT2D eigenvalue weighted by Gasteiger charge is 2.27. The van der Waals surface area contributed by atoms with E-state index in [4.69, 9.17) is 0 Å². The fourth-order valence-corrected chi connectivity index (χ4v) is 2.17. The smallest absolute Gasteiger partial charge is 0.262 e. The van der Waals surface area contributed by atoms with E-state index in [2.05, 4.69) is 25.9 Å². The number of nitrogens with zero attached hydrogens (tertiary/aromatic N) is 1. The number of aromatic nitrogens is 2. The van der Waals surface area contributed by atoms with Gasteiger partial charge in [0.2, 0.25) is 5.88 Å². The van der Waals surface area contributed by atoms with Crippen LogP contribution < -0.4 is 5.56 Å². The Labute approximate surface area is 112 Å². The molecule has 1 heterocycles. The Hall–Kier alpha value is -1.62. The lowest BCUT2D eigenvalue weighted by atomic mass is 10.1. The van der Waals surface area contributed by atoms with Crippen LogP contribution in [0.4, 0.5) is 0 Å². The number of rotatable bonds is 2. The van der Waals surface area contributed by atoms with Crippen molar-refractivity contribution in [1.29, 1.82) is 0 Å². The van der Waals surface area contributed by atoms with Gasteiger partial charge in [0.05, 0.1) is 0 Å². The van der Waals surface area contributed by atoms with Crippen LogP contribution in [0.3, 0.4) is 0 Å². The maximum absolute atomic E-state index is 12.0. The molecule has 3 rings (SSSR count). The first-order valence-corrected chi connectivity index (χ1v) is 6.53. The number of H-pyrrole nitrogens is 1. The van der Waals surface area contributed by atoms with E-state index >= 15 is 0 Å². The summed E-state index contributed by atoms with van der Waals surface area (Å²) in [7, 11) is 0. The van der Waals surface area contributed by atoms with Gasteiger partial charge in [-0.3, -0.25) is 4.79 Å². The summed E-state index contributed by atoms with van der Waals surface area (Å²) in [6.45, 7) is 0. The molecule has 5 heteroatoms. The van der Waals surface area contributed by atoms with E-state index in [0.717, 1.165) is 17.3 Å². The standard InChI is InChI=1S/C13H11BrN2O2/c14-9-5-3-7(4-6-9)10-12(17)15-11(8-1-2-8)16-13(10)18/h3-6,8H,1-2H2,(H2,15,16,17,18). The summed E-state index contributed by atoms with van der Waals surface area (Å²) in [6.07, 6.45) is 2.06. The Kier molecular flexibility index (Phi) is 2.70. The maximum atomic E-state index is 12.0. The van der Waals surface area contributed by atoms with Crippen LogP contribution in [0, 0.1) is 0 Å². The second kappa shape index (κ2) is 4.24. The molecule has 2 aromatic rings. The highest BCUT2D eigenvalue weighted by molar-refractivity contribution is 9.10. The molecule has 1 aliphatic carbocycles. The summed E-state index contributed by atoms with van der Waals surface area (Å²) in [5.41, 5.74) is 0.602. The molecule has 0 amide bonds. The van der Waals surface area contributed by atoms with Crippen LogP contribution in [0.1, 0.15) is 24.6 Å². The van der Waals surface area contributed by atoms with Crippen molar-refractivity contribution in [3.63, 3.8) is 0 Å². The quantitative estimate of drug-likeness (QED) is 0.896. The van der Waals surface area contributed by atoms with Crippen molar-refractivity contribution in [1.82, 2.24) is 9.97 Å². The fourth-order valence-electron chi connectivity index (χ4n) is 1.91. The largest absolute Gasteiger partial charge is 0.493 e. The molecule has 0 spiro atoms. The van der Waals surface area contributed by atoms with Crippen LogP contribution in [0.25, 0.3) is 11.1 Å². The molecule has 0 radical (unpaired) electrons. The van der Waals surface area contributed by atoms with E-state index < -0.39 is 0 Å². The number of aromatic amines is 1. The van der Waals surface area contributed by atoms with Gasteiger partial charge in [0, 0.05) is 10.4 Å². The third-order valence-electron chi connectivity index (χ3n) is 3.02. The summed E-state index contributed by atoms with van der Waals surface area (Å²) >= 11 is 3.33. The zero-order valence-electron chi connectivity index (χ0n) is 9.48. The predicted octanol–water partition coefficient (Wildman–Crippen LogP) is 2.78. The first-order chi connectivity index (χ1) is 8.65. The summed E-state index contributed by atoms with van der Waals surface area (Å²) < 4.78 is 0.921. The van der Waals surface area contributed by atoms with E-state index in [0.29, 0.717) is 17.3 Å². The molecule has 1 aliphatic rings. The lowest BCUT2D eigenvalue weighted by Crippen LogP contribution is -2.13. The van der Waals surface area contributed by atoms with E-state index in [1.165, 1.54) is 0 Å². The van der Waals surface area contributed by atoms with Crippen molar-refractivity contribution in [2.45, 2.75) is 18.8 Å². The topological polar surface area (TPSA) is 66.0 Å². The van der Waals surface area contributed by atoms with Crippen LogP contribution in [0.15, 0.2) is 33.5 Å². The Bertz CT molecular complexity index is 645. The number of hydrogen-bond acceptors (Lipinski definition) is 3. The highest BCUT2D eigenvalue weighted by atomic mass is 79.9. The van der Waals surface area contributed by atoms with Crippen molar-refractivity contribution in [2.75, 3.05) is 0 Å². The summed E-state index contributed by atoms with van der Waals surface area (Å²) in [5.74, 6) is 0.712. The number of hydrogen-bond donors (Lipinski definition) is 2. The van der Waals surface area contributed by atoms with Gasteiger partial charge in [-0.1, -0.05) is 28.1 Å². The molecular weight excluding hydrogens is 296 g/mol. The number of halogens is 1. The number of benzene rings is 1. The zero-order chi connectivity index (χ0) is 12.7. The molecule has 1 aromatic heterocycles. The lowest BCUT2D eigenvalue weighted by molar-refractivity contribution is 0.450. The molecule has 92 valence electrons. The average Bonchev–Trinajstić information content (AvgIpc) is 3.14. The van der Waals surface area contributed by atoms with Gasteiger partial charge in [-0.2, -0.15) is 4.98 Å². The Morgan fingerprint density at radius 3 is 2.50 bits per heavy atom. The third-order valence-corrected chi connectivity index (χ3v) is 3.54. The predicted molar refractivity (Wildman–Crippen MR) is 71.6 cm³/mol. The van der Waals surface area contributed by atoms with Crippen molar-refractivity contribution < 1.29 is 5.11 Å². The first-order valence-electron chi connectivity index (χ1n) is 5.74. The van der Waals surface area contributed by atoms with Crippen molar-refractivity contribution in [3.8, 4) is 17.0 Å². The van der Waals surface area contributed by atoms with Crippen molar-refractivity contribution >= 4 is 15.9 Å². The molecular formula is C13H11BrN2O2. The van der Waals surface area contributed by atoms with Gasteiger partial charge in [0.1, 0.15) is 11.4 Å². The summed E-state index contributed by atoms with van der Waals surface area (Å²) in [4.78, 5) is 18.8. The molecule has 0 atom stereocenters. The Balaban J connectivity index is 2.11. The van der Waals surface area contributed by atoms with Crippen LogP contribution in [0.2, 0.25) is 0 Å². The Morgan fingerprint density at radius 1 is 1.28 bits per heavy atom. The molecule has 2 N–H and O–H groups in total. The second-order valence-electron chi connectivity index (χ2n) is 4.43. The molecule has 1 saturated carbocycles. The van der Waals surface area contributed by atoms with E-state index in [1.807, 2.05) is 12.1 Å². The SMILES string of the molecule is O=c1[nH]c(C2CC2)nc(O)c1-c1ccc(Br)cc1. The number of aromatic hydroxyl groups is 1. The average molecular weight is 307 g/mol. The zero-order valence-corrected chi connectivity index (χ0v) is 11.1. The maximum Gasteiger partial charge on any atom is 0.262 e. The highest BCUT2D eigenvalue weighted by Crippen LogP contribution is 2.38. The van der Waals surface area contributed by atoms with Gasteiger partial charge in [-0.25, -0.2) is 0 Å². The van der Waals surface area contributed by atoms with Crippen LogP contribution in [-0.4, -0.2) is 15.1 Å². The van der Waals surface area contributed by atoms with Crippen LogP contribution >= 0.6 is 15.9 Å². The van der Waals surface area contributed by atoms with E-state index in [9.17, 15) is 9.90 Å². The second-order valence-corrected chi connectivity index (χ2v) is 5.35. The minimum atomic E-state index is -0.285. The van der Waals surface area contributed by atoms with Gasteiger partial charge >= 0.3 is 0 Å². The van der Waals surface area contributed by atoms with Crippen molar-refractivity contribution in [3.05, 3.63) is 44.9 Å². The first kappa shape index (κ1) is 11.5. The molecule has 1 fully saturated rings.